The summed E-state index contributed by atoms with van der Waals surface area (Å²) in [7, 11) is 0. The summed E-state index contributed by atoms with van der Waals surface area (Å²) >= 11 is 0. The predicted octanol–water partition coefficient (Wildman–Crippen LogP) is 0.633. The lowest BCUT2D eigenvalue weighted by molar-refractivity contribution is 0.0912. The summed E-state index contributed by atoms with van der Waals surface area (Å²) in [5, 5.41) is 20.3. The lowest BCUT2D eigenvalue weighted by Gasteiger charge is -2.18. The highest BCUT2D eigenvalue weighted by Crippen LogP contribution is 2.04. The third-order valence-electron chi connectivity index (χ3n) is 2.55. The first kappa shape index (κ1) is 12.3. The highest BCUT2D eigenvalue weighted by Gasteiger charge is 2.15. The molecule has 0 aliphatic carbocycles. The monoisotopic (exact) mass is 221 g/mol. The first-order chi connectivity index (χ1) is 7.58. The van der Waals surface area contributed by atoms with Gasteiger partial charge in [-0.15, -0.1) is 0 Å². The molecule has 1 rings (SSSR count). The fourth-order valence-corrected chi connectivity index (χ4v) is 1.18. The van der Waals surface area contributed by atoms with Crippen LogP contribution in [0.5, 0.6) is 0 Å². The summed E-state index contributed by atoms with van der Waals surface area (Å²) in [5.74, 6) is -0.274. The van der Waals surface area contributed by atoms with Crippen molar-refractivity contribution in [2.24, 2.45) is 5.92 Å². The van der Waals surface area contributed by atoms with E-state index in [4.69, 9.17) is 10.4 Å². The third kappa shape index (κ3) is 2.84. The summed E-state index contributed by atoms with van der Waals surface area (Å²) in [4.78, 5) is 14.4. The number of nitriles is 1. The lowest BCUT2D eigenvalue weighted by atomic mass is 10.1. The number of hydrogen-bond acceptors (Lipinski definition) is 3. The average molecular weight is 221 g/mol. The molecular weight excluding hydrogens is 206 g/mol. The van der Waals surface area contributed by atoms with Crippen LogP contribution in [0, 0.1) is 17.2 Å². The second-order valence-corrected chi connectivity index (χ2v) is 3.82. The smallest absolute Gasteiger partial charge is 0.267 e. The van der Waals surface area contributed by atoms with Gasteiger partial charge < -0.3 is 15.4 Å². The number of aromatic nitrogens is 1. The van der Waals surface area contributed by atoms with Gasteiger partial charge in [-0.05, 0) is 25.0 Å². The number of carbonyl (C=O) groups is 1. The van der Waals surface area contributed by atoms with E-state index in [2.05, 4.69) is 10.3 Å². The number of nitrogens with zero attached hydrogens (tertiary/aromatic N) is 1. The predicted molar refractivity (Wildman–Crippen MR) is 58.7 cm³/mol. The molecule has 0 radical (unpaired) electrons. The van der Waals surface area contributed by atoms with Crippen LogP contribution in [-0.4, -0.2) is 28.6 Å². The zero-order valence-electron chi connectivity index (χ0n) is 9.32. The highest BCUT2D eigenvalue weighted by molar-refractivity contribution is 5.92. The Hall–Kier alpha value is -1.80. The van der Waals surface area contributed by atoms with E-state index in [1.54, 1.807) is 12.1 Å². The molecule has 86 valence electrons. The first-order valence-electron chi connectivity index (χ1n) is 5.09. The number of aliphatic hydroxyl groups excluding tert-OH is 1. The Kier molecular flexibility index (Phi) is 4.09. The minimum Gasteiger partial charge on any atom is -0.396 e. The SMILES string of the molecule is CC(CO)C(C)NC(=O)c1ccc(C#N)[nH]1. The van der Waals surface area contributed by atoms with E-state index < -0.39 is 0 Å². The summed E-state index contributed by atoms with van der Waals surface area (Å²) < 4.78 is 0. The van der Waals surface area contributed by atoms with E-state index in [1.165, 1.54) is 0 Å². The van der Waals surface area contributed by atoms with E-state index in [0.29, 0.717) is 11.4 Å². The summed E-state index contributed by atoms with van der Waals surface area (Å²) in [6.07, 6.45) is 0. The van der Waals surface area contributed by atoms with E-state index >= 15 is 0 Å². The number of carbonyl (C=O) groups excluding carboxylic acids is 1. The number of nitrogens with one attached hydrogen (secondary N) is 2. The van der Waals surface area contributed by atoms with Crippen LogP contribution >= 0.6 is 0 Å². The van der Waals surface area contributed by atoms with Crippen molar-refractivity contribution in [2.75, 3.05) is 6.61 Å². The minimum atomic E-state index is -0.269. The number of hydrogen-bond donors (Lipinski definition) is 3. The average Bonchev–Trinajstić information content (AvgIpc) is 2.76. The van der Waals surface area contributed by atoms with Crippen LogP contribution in [0.4, 0.5) is 0 Å². The number of amides is 1. The molecule has 1 aromatic rings. The van der Waals surface area contributed by atoms with Crippen molar-refractivity contribution in [3.63, 3.8) is 0 Å². The van der Waals surface area contributed by atoms with E-state index in [1.807, 2.05) is 19.9 Å². The molecule has 0 saturated heterocycles. The van der Waals surface area contributed by atoms with Crippen molar-refractivity contribution in [3.05, 3.63) is 23.5 Å². The van der Waals surface area contributed by atoms with E-state index in [-0.39, 0.29) is 24.5 Å². The second-order valence-electron chi connectivity index (χ2n) is 3.82. The van der Waals surface area contributed by atoms with Gasteiger partial charge in [0.2, 0.25) is 0 Å². The Morgan fingerprint density at radius 1 is 1.62 bits per heavy atom. The molecule has 2 atom stereocenters. The first-order valence-corrected chi connectivity index (χ1v) is 5.09. The highest BCUT2D eigenvalue weighted by atomic mass is 16.3. The van der Waals surface area contributed by atoms with Crippen molar-refractivity contribution < 1.29 is 9.90 Å². The Bertz CT molecular complexity index is 406. The normalized spacial score (nSPS) is 13.9. The molecule has 1 heterocycles. The maximum Gasteiger partial charge on any atom is 0.267 e. The molecular formula is C11H15N3O2. The van der Waals surface area contributed by atoms with Crippen LogP contribution in [-0.2, 0) is 0 Å². The zero-order valence-corrected chi connectivity index (χ0v) is 9.32. The standard InChI is InChI=1S/C11H15N3O2/c1-7(6-15)8(2)13-11(16)10-4-3-9(5-12)14-10/h3-4,7-8,14-15H,6H2,1-2H3,(H,13,16). The molecule has 1 amide bonds. The Balaban J connectivity index is 2.62. The van der Waals surface area contributed by atoms with Gasteiger partial charge in [0.15, 0.2) is 0 Å². The van der Waals surface area contributed by atoms with Crippen LogP contribution in [0.25, 0.3) is 0 Å². The molecule has 5 nitrogen and oxygen atoms in total. The second kappa shape index (κ2) is 5.33. The molecule has 0 aliphatic heterocycles. The summed E-state index contributed by atoms with van der Waals surface area (Å²) in [6.45, 7) is 3.70. The van der Waals surface area contributed by atoms with E-state index in [0.717, 1.165) is 0 Å². The molecule has 5 heteroatoms. The van der Waals surface area contributed by atoms with Gasteiger partial charge in [0.05, 0.1) is 0 Å². The number of H-pyrrole nitrogens is 1. The molecule has 0 aliphatic rings. The van der Waals surface area contributed by atoms with Gasteiger partial charge in [0.25, 0.3) is 5.91 Å². The van der Waals surface area contributed by atoms with Gasteiger partial charge in [0.1, 0.15) is 17.5 Å². The van der Waals surface area contributed by atoms with Gasteiger partial charge in [0, 0.05) is 12.6 Å². The topological polar surface area (TPSA) is 88.9 Å². The molecule has 0 saturated carbocycles. The van der Waals surface area contributed by atoms with Gasteiger partial charge in [-0.3, -0.25) is 4.79 Å². The van der Waals surface area contributed by atoms with Gasteiger partial charge in [-0.25, -0.2) is 0 Å². The van der Waals surface area contributed by atoms with Crippen molar-refractivity contribution in [2.45, 2.75) is 19.9 Å². The van der Waals surface area contributed by atoms with Gasteiger partial charge >= 0.3 is 0 Å². The van der Waals surface area contributed by atoms with Crippen molar-refractivity contribution >= 4 is 5.91 Å². The summed E-state index contributed by atoms with van der Waals surface area (Å²) in [6, 6.07) is 4.91. The maximum absolute atomic E-state index is 11.7. The fraction of sp³-hybridized carbons (Fsp3) is 0.455. The van der Waals surface area contributed by atoms with Crippen LogP contribution in [0.1, 0.15) is 30.0 Å². The largest absolute Gasteiger partial charge is 0.396 e. The fourth-order valence-electron chi connectivity index (χ4n) is 1.18. The van der Waals surface area contributed by atoms with Gasteiger partial charge in [-0.1, -0.05) is 6.92 Å². The van der Waals surface area contributed by atoms with Crippen LogP contribution in [0.2, 0.25) is 0 Å². The summed E-state index contributed by atoms with van der Waals surface area (Å²) in [5.41, 5.74) is 0.710. The molecule has 0 aromatic carbocycles. The Morgan fingerprint density at radius 3 is 2.81 bits per heavy atom. The number of aromatic amines is 1. The molecule has 0 bridgehead atoms. The molecule has 1 aromatic heterocycles. The Labute approximate surface area is 94.1 Å². The molecule has 16 heavy (non-hydrogen) atoms. The Morgan fingerprint density at radius 2 is 2.31 bits per heavy atom. The maximum atomic E-state index is 11.7. The van der Waals surface area contributed by atoms with Crippen LogP contribution in [0.15, 0.2) is 12.1 Å². The molecule has 3 N–H and O–H groups in total. The lowest BCUT2D eigenvalue weighted by Crippen LogP contribution is -2.38. The van der Waals surface area contributed by atoms with Crippen molar-refractivity contribution in [3.8, 4) is 6.07 Å². The quantitative estimate of drug-likeness (QED) is 0.696. The number of aliphatic hydroxyl groups is 1. The molecule has 2 unspecified atom stereocenters. The molecule has 0 fully saturated rings. The van der Waals surface area contributed by atoms with Crippen LogP contribution < -0.4 is 5.32 Å². The minimum absolute atomic E-state index is 0.00523. The van der Waals surface area contributed by atoms with Crippen molar-refractivity contribution in [1.82, 2.24) is 10.3 Å². The van der Waals surface area contributed by atoms with Crippen LogP contribution in [0.3, 0.4) is 0 Å². The third-order valence-corrected chi connectivity index (χ3v) is 2.55. The molecule has 0 spiro atoms. The van der Waals surface area contributed by atoms with Gasteiger partial charge in [-0.2, -0.15) is 5.26 Å². The zero-order chi connectivity index (χ0) is 12.1. The number of rotatable bonds is 4. The van der Waals surface area contributed by atoms with Crippen molar-refractivity contribution in [1.29, 1.82) is 5.26 Å². The van der Waals surface area contributed by atoms with E-state index in [9.17, 15) is 4.79 Å².